The van der Waals surface area contributed by atoms with Crippen molar-refractivity contribution >= 4 is 11.8 Å². The summed E-state index contributed by atoms with van der Waals surface area (Å²) < 4.78 is 10.1. The fourth-order valence-electron chi connectivity index (χ4n) is 1.79. The maximum atomic E-state index is 12.2. The van der Waals surface area contributed by atoms with E-state index in [9.17, 15) is 9.59 Å². The molecule has 0 bridgehead atoms. The molecule has 0 aliphatic rings. The lowest BCUT2D eigenvalue weighted by Crippen LogP contribution is -2.38. The molecule has 0 saturated heterocycles. The Labute approximate surface area is 104 Å². The summed E-state index contributed by atoms with van der Waals surface area (Å²) in [5.41, 5.74) is 0. The molecule has 2 unspecified atom stereocenters. The highest BCUT2D eigenvalue weighted by Gasteiger charge is 2.35. The van der Waals surface area contributed by atoms with Gasteiger partial charge in [0.2, 0.25) is 0 Å². The largest absolute Gasteiger partial charge is 0.465 e. The first-order valence-electron chi connectivity index (χ1n) is 6.22. The van der Waals surface area contributed by atoms with Crippen molar-refractivity contribution in [2.24, 2.45) is 11.8 Å². The zero-order valence-electron chi connectivity index (χ0n) is 11.5. The van der Waals surface area contributed by atoms with Gasteiger partial charge in [-0.15, -0.1) is 0 Å². The van der Waals surface area contributed by atoms with E-state index < -0.39 is 18.0 Å². The Kier molecular flexibility index (Phi) is 7.79. The predicted octanol–water partition coefficient (Wildman–Crippen LogP) is 2.21. The summed E-state index contributed by atoms with van der Waals surface area (Å²) in [7, 11) is 1.50. The Morgan fingerprint density at radius 2 is 1.76 bits per heavy atom. The minimum Gasteiger partial charge on any atom is -0.465 e. The molecule has 4 heteroatoms. The van der Waals surface area contributed by atoms with Crippen molar-refractivity contribution in [3.63, 3.8) is 0 Å². The third kappa shape index (κ3) is 4.86. The van der Waals surface area contributed by atoms with Crippen LogP contribution < -0.4 is 0 Å². The molecule has 100 valence electrons. The molecule has 2 atom stereocenters. The smallest absolute Gasteiger partial charge is 0.316 e. The predicted molar refractivity (Wildman–Crippen MR) is 65.7 cm³/mol. The van der Waals surface area contributed by atoms with Crippen LogP contribution in [0.5, 0.6) is 0 Å². The van der Waals surface area contributed by atoms with Crippen molar-refractivity contribution in [2.75, 3.05) is 13.7 Å². The number of ketones is 1. The molecule has 0 aromatic heterocycles. The van der Waals surface area contributed by atoms with Gasteiger partial charge >= 0.3 is 5.97 Å². The Balaban J connectivity index is 4.80. The number of rotatable bonds is 8. The Hall–Kier alpha value is -0.900. The van der Waals surface area contributed by atoms with Crippen molar-refractivity contribution in [1.82, 2.24) is 0 Å². The van der Waals surface area contributed by atoms with Crippen LogP contribution in [0, 0.1) is 11.8 Å². The van der Waals surface area contributed by atoms with Gasteiger partial charge in [0.1, 0.15) is 12.0 Å². The molecule has 0 aromatic carbocycles. The molecule has 17 heavy (non-hydrogen) atoms. The van der Waals surface area contributed by atoms with E-state index in [1.807, 2.05) is 20.8 Å². The lowest BCUT2D eigenvalue weighted by atomic mass is 9.87. The van der Waals surface area contributed by atoms with Gasteiger partial charge in [0.15, 0.2) is 5.78 Å². The third-order valence-electron chi connectivity index (χ3n) is 2.67. The summed E-state index contributed by atoms with van der Waals surface area (Å²) in [6.45, 7) is 7.70. The van der Waals surface area contributed by atoms with Gasteiger partial charge in [-0.05, 0) is 19.3 Å². The zero-order chi connectivity index (χ0) is 13.4. The number of ether oxygens (including phenoxy) is 2. The standard InChI is InChI=1S/C13H24O4/c1-6-8-10(16-5)12(14)11(9(3)4)13(15)17-7-2/h9-11H,6-8H2,1-5H3. The lowest BCUT2D eigenvalue weighted by Gasteiger charge is -2.22. The van der Waals surface area contributed by atoms with Crippen molar-refractivity contribution in [3.8, 4) is 0 Å². The van der Waals surface area contributed by atoms with E-state index in [-0.39, 0.29) is 11.7 Å². The maximum Gasteiger partial charge on any atom is 0.316 e. The number of Topliss-reactive ketones (excluding diaryl/α,β-unsaturated/α-hetero) is 1. The van der Waals surface area contributed by atoms with Gasteiger partial charge in [-0.2, -0.15) is 0 Å². The highest BCUT2D eigenvalue weighted by molar-refractivity contribution is 6.01. The van der Waals surface area contributed by atoms with Gasteiger partial charge in [-0.1, -0.05) is 27.2 Å². The zero-order valence-corrected chi connectivity index (χ0v) is 11.5. The molecule has 4 nitrogen and oxygen atoms in total. The molecule has 0 N–H and O–H groups in total. The van der Waals surface area contributed by atoms with Gasteiger partial charge in [0.25, 0.3) is 0 Å². The average molecular weight is 244 g/mol. The van der Waals surface area contributed by atoms with Crippen LogP contribution in [-0.2, 0) is 19.1 Å². The van der Waals surface area contributed by atoms with E-state index in [0.29, 0.717) is 13.0 Å². The Morgan fingerprint density at radius 3 is 2.12 bits per heavy atom. The van der Waals surface area contributed by atoms with Crippen LogP contribution in [0.1, 0.15) is 40.5 Å². The SMILES string of the molecule is CCCC(OC)C(=O)C(C(=O)OCC)C(C)C. The molecule has 0 aliphatic carbocycles. The third-order valence-corrected chi connectivity index (χ3v) is 2.67. The second-order valence-corrected chi connectivity index (χ2v) is 4.39. The molecule has 0 amide bonds. The normalized spacial score (nSPS) is 14.5. The van der Waals surface area contributed by atoms with Crippen LogP contribution in [0.15, 0.2) is 0 Å². The highest BCUT2D eigenvalue weighted by Crippen LogP contribution is 2.19. The van der Waals surface area contributed by atoms with Gasteiger partial charge in [-0.3, -0.25) is 9.59 Å². The Bertz CT molecular complexity index is 248. The number of carbonyl (C=O) groups excluding carboxylic acids is 2. The summed E-state index contributed by atoms with van der Waals surface area (Å²) in [6, 6.07) is 0. The summed E-state index contributed by atoms with van der Waals surface area (Å²) >= 11 is 0. The van der Waals surface area contributed by atoms with Gasteiger partial charge < -0.3 is 9.47 Å². The number of hydrogen-bond donors (Lipinski definition) is 0. The fourth-order valence-corrected chi connectivity index (χ4v) is 1.79. The minimum atomic E-state index is -0.716. The first kappa shape index (κ1) is 16.1. The van der Waals surface area contributed by atoms with Crippen LogP contribution in [0.3, 0.4) is 0 Å². The van der Waals surface area contributed by atoms with Crippen LogP contribution in [0.4, 0.5) is 0 Å². The molecule has 0 aliphatic heterocycles. The van der Waals surface area contributed by atoms with E-state index in [4.69, 9.17) is 9.47 Å². The molecule has 0 saturated carbocycles. The van der Waals surface area contributed by atoms with E-state index in [2.05, 4.69) is 0 Å². The lowest BCUT2D eigenvalue weighted by molar-refractivity contribution is -0.156. The topological polar surface area (TPSA) is 52.6 Å². The molecule has 0 spiro atoms. The van der Waals surface area contributed by atoms with E-state index >= 15 is 0 Å². The Morgan fingerprint density at radius 1 is 1.18 bits per heavy atom. The van der Waals surface area contributed by atoms with Crippen molar-refractivity contribution in [2.45, 2.75) is 46.6 Å². The summed E-state index contributed by atoms with van der Waals surface area (Å²) in [4.78, 5) is 23.9. The number of esters is 1. The van der Waals surface area contributed by atoms with Gasteiger partial charge in [0.05, 0.1) is 6.61 Å². The summed E-state index contributed by atoms with van der Waals surface area (Å²) in [6.07, 6.45) is 0.979. The second-order valence-electron chi connectivity index (χ2n) is 4.39. The monoisotopic (exact) mass is 244 g/mol. The molecular formula is C13H24O4. The molecule has 0 rings (SSSR count). The van der Waals surface area contributed by atoms with E-state index in [0.717, 1.165) is 6.42 Å². The van der Waals surface area contributed by atoms with Crippen LogP contribution in [0.25, 0.3) is 0 Å². The van der Waals surface area contributed by atoms with Gasteiger partial charge in [0, 0.05) is 7.11 Å². The summed E-state index contributed by atoms with van der Waals surface area (Å²) in [5, 5.41) is 0. The van der Waals surface area contributed by atoms with E-state index in [1.54, 1.807) is 6.92 Å². The highest BCUT2D eigenvalue weighted by atomic mass is 16.5. The molecule has 0 heterocycles. The second kappa shape index (κ2) is 8.23. The molecule has 0 fully saturated rings. The van der Waals surface area contributed by atoms with Crippen LogP contribution in [-0.4, -0.2) is 31.6 Å². The molecule has 0 radical (unpaired) electrons. The summed E-state index contributed by atoms with van der Waals surface area (Å²) in [5.74, 6) is -1.39. The number of methoxy groups -OCH3 is 1. The molecule has 0 aromatic rings. The van der Waals surface area contributed by atoms with Crippen molar-refractivity contribution in [3.05, 3.63) is 0 Å². The first-order chi connectivity index (χ1) is 7.99. The molecular weight excluding hydrogens is 220 g/mol. The van der Waals surface area contributed by atoms with Crippen molar-refractivity contribution in [1.29, 1.82) is 0 Å². The first-order valence-corrected chi connectivity index (χ1v) is 6.22. The fraction of sp³-hybridized carbons (Fsp3) is 0.846. The number of carbonyl (C=O) groups is 2. The van der Waals surface area contributed by atoms with E-state index in [1.165, 1.54) is 7.11 Å². The van der Waals surface area contributed by atoms with Crippen molar-refractivity contribution < 1.29 is 19.1 Å². The minimum absolute atomic E-state index is 0.0731. The van der Waals surface area contributed by atoms with Crippen LogP contribution in [0.2, 0.25) is 0 Å². The average Bonchev–Trinajstić information content (AvgIpc) is 2.25. The number of hydrogen-bond acceptors (Lipinski definition) is 4. The van der Waals surface area contributed by atoms with Crippen LogP contribution >= 0.6 is 0 Å². The maximum absolute atomic E-state index is 12.2. The quantitative estimate of drug-likeness (QED) is 0.485. The van der Waals surface area contributed by atoms with Gasteiger partial charge in [-0.25, -0.2) is 0 Å².